The van der Waals surface area contributed by atoms with E-state index in [1.807, 2.05) is 41.0 Å². The van der Waals surface area contributed by atoms with Gasteiger partial charge in [-0.25, -0.2) is 0 Å². The van der Waals surface area contributed by atoms with Gasteiger partial charge in [-0.05, 0) is 82.2 Å². The molecule has 220 valence electrons. The van der Waals surface area contributed by atoms with Crippen molar-refractivity contribution in [1.82, 2.24) is 4.98 Å². The van der Waals surface area contributed by atoms with E-state index in [0.717, 1.165) is 28.3 Å². The molecule has 0 bridgehead atoms. The van der Waals surface area contributed by atoms with E-state index >= 15 is 0 Å². The summed E-state index contributed by atoms with van der Waals surface area (Å²) in [4.78, 5) is 6.98. The summed E-state index contributed by atoms with van der Waals surface area (Å²) in [5, 5.41) is 10.5. The number of fused-ring (bicyclic) bond motifs is 10. The third kappa shape index (κ3) is 4.26. The Hall–Kier alpha value is -5.55. The number of pyridine rings is 1. The van der Waals surface area contributed by atoms with Crippen molar-refractivity contribution in [2.75, 3.05) is 4.90 Å². The molecule has 0 saturated heterocycles. The van der Waals surface area contributed by atoms with Crippen LogP contribution in [0.2, 0.25) is 0 Å². The Morgan fingerprint density at radius 3 is 1.49 bits per heavy atom. The summed E-state index contributed by atoms with van der Waals surface area (Å²) in [6.07, 6.45) is 1.85. The van der Waals surface area contributed by atoms with Crippen LogP contribution in [0, 0.1) is 0 Å². The van der Waals surface area contributed by atoms with E-state index in [-0.39, 0.29) is 0 Å². The lowest BCUT2D eigenvalue weighted by Crippen LogP contribution is -2.09. The zero-order valence-electron chi connectivity index (χ0n) is 25.2. The van der Waals surface area contributed by atoms with Crippen LogP contribution in [0.1, 0.15) is 0 Å². The molecular weight excluding hydrogens is 609 g/mol. The van der Waals surface area contributed by atoms with Gasteiger partial charge < -0.3 is 4.90 Å². The molecule has 2 nitrogen and oxygen atoms in total. The lowest BCUT2D eigenvalue weighted by Gasteiger charge is -2.26. The smallest absolute Gasteiger partial charge is 0.0701 e. The van der Waals surface area contributed by atoms with Crippen molar-refractivity contribution in [3.8, 4) is 11.3 Å². The van der Waals surface area contributed by atoms with E-state index < -0.39 is 0 Å². The lowest BCUT2D eigenvalue weighted by atomic mass is 10.0. The molecule has 0 saturated carbocycles. The lowest BCUT2D eigenvalue weighted by molar-refractivity contribution is 1.29. The highest BCUT2D eigenvalue weighted by Gasteiger charge is 2.18. The van der Waals surface area contributed by atoms with E-state index in [1.54, 1.807) is 0 Å². The number of benzene rings is 7. The van der Waals surface area contributed by atoms with Gasteiger partial charge in [0, 0.05) is 69.2 Å². The quantitative estimate of drug-likeness (QED) is 0.191. The predicted octanol–water partition coefficient (Wildman–Crippen LogP) is 13.3. The van der Waals surface area contributed by atoms with Crippen LogP contribution in [0.5, 0.6) is 0 Å². The van der Waals surface area contributed by atoms with Gasteiger partial charge in [-0.1, -0.05) is 91.0 Å². The fourth-order valence-electron chi connectivity index (χ4n) is 7.11. The number of rotatable bonds is 4. The van der Waals surface area contributed by atoms with Crippen molar-refractivity contribution in [2.45, 2.75) is 0 Å². The highest BCUT2D eigenvalue weighted by Crippen LogP contribution is 2.45. The highest BCUT2D eigenvalue weighted by molar-refractivity contribution is 7.26. The molecule has 0 atom stereocenters. The van der Waals surface area contributed by atoms with Crippen LogP contribution in [0.4, 0.5) is 17.1 Å². The van der Waals surface area contributed by atoms with Gasteiger partial charge in [0.2, 0.25) is 0 Å². The van der Waals surface area contributed by atoms with Crippen molar-refractivity contribution in [1.29, 1.82) is 0 Å². The molecular formula is C43H26N2S2. The summed E-state index contributed by atoms with van der Waals surface area (Å²) >= 11 is 3.74. The molecule has 3 heterocycles. The fourth-order valence-corrected chi connectivity index (χ4v) is 9.42. The minimum atomic E-state index is 0.975. The molecule has 7 aromatic carbocycles. The van der Waals surface area contributed by atoms with E-state index in [2.05, 4.69) is 149 Å². The van der Waals surface area contributed by atoms with Crippen molar-refractivity contribution in [3.63, 3.8) is 0 Å². The summed E-state index contributed by atoms with van der Waals surface area (Å²) < 4.78 is 5.22. The second kappa shape index (κ2) is 10.5. The van der Waals surface area contributed by atoms with Crippen LogP contribution in [-0.4, -0.2) is 4.98 Å². The Labute approximate surface area is 279 Å². The highest BCUT2D eigenvalue weighted by atomic mass is 32.1. The molecule has 0 unspecified atom stereocenters. The van der Waals surface area contributed by atoms with Gasteiger partial charge in [0.05, 0.1) is 5.69 Å². The summed E-state index contributed by atoms with van der Waals surface area (Å²) in [5.74, 6) is 0. The molecule has 0 spiro atoms. The molecule has 3 aromatic heterocycles. The second-order valence-electron chi connectivity index (χ2n) is 12.0. The number of hydrogen-bond acceptors (Lipinski definition) is 4. The molecule has 0 aliphatic carbocycles. The molecule has 0 amide bonds. The Morgan fingerprint density at radius 2 is 0.936 bits per heavy atom. The Morgan fingerprint density at radius 1 is 0.404 bits per heavy atom. The number of aromatic nitrogens is 1. The molecule has 10 aromatic rings. The number of nitrogens with zero attached hydrogens (tertiary/aromatic N) is 2. The fraction of sp³-hybridized carbons (Fsp3) is 0. The van der Waals surface area contributed by atoms with E-state index in [4.69, 9.17) is 0 Å². The normalized spacial score (nSPS) is 11.8. The van der Waals surface area contributed by atoms with Crippen molar-refractivity contribution < 1.29 is 0 Å². The Bertz CT molecular complexity index is 2640. The predicted molar refractivity (Wildman–Crippen MR) is 205 cm³/mol. The maximum absolute atomic E-state index is 4.58. The van der Waals surface area contributed by atoms with Gasteiger partial charge in [-0.15, -0.1) is 22.7 Å². The molecule has 0 radical (unpaired) electrons. The van der Waals surface area contributed by atoms with Gasteiger partial charge >= 0.3 is 0 Å². The number of thiophene rings is 2. The molecule has 0 fully saturated rings. The summed E-state index contributed by atoms with van der Waals surface area (Å²) in [6.45, 7) is 0. The molecule has 47 heavy (non-hydrogen) atoms. The van der Waals surface area contributed by atoms with Crippen LogP contribution >= 0.6 is 22.7 Å². The maximum atomic E-state index is 4.58. The van der Waals surface area contributed by atoms with Gasteiger partial charge in [0.1, 0.15) is 0 Å². The average molecular weight is 635 g/mol. The van der Waals surface area contributed by atoms with Crippen LogP contribution in [-0.2, 0) is 0 Å². The van der Waals surface area contributed by atoms with Crippen molar-refractivity contribution in [2.24, 2.45) is 0 Å². The standard InChI is InChI=1S/C43H26N2S2/c1-3-9-33-27(7-1)14-22-38-42(33)35-20-18-31(25-40(35)46-38)45(30-16-12-29(13-17-30)37-11-5-6-24-44-37)32-19-21-36-41(26-32)47-39-23-15-28-8-2-4-10-34(28)43(36)39/h1-26H. The SMILES string of the molecule is c1ccc(-c2ccc(N(c3ccc4c(c3)sc3ccc5ccccc5c34)c3ccc4c(c3)sc3ccc5ccccc5c34)cc2)nc1. The Balaban J connectivity index is 1.17. The minimum absolute atomic E-state index is 0.975. The van der Waals surface area contributed by atoms with Gasteiger partial charge in [-0.2, -0.15) is 0 Å². The van der Waals surface area contributed by atoms with Crippen LogP contribution in [0.15, 0.2) is 158 Å². The summed E-state index contributed by atoms with van der Waals surface area (Å²) in [5.41, 5.74) is 5.48. The first kappa shape index (κ1) is 26.6. The molecule has 0 aliphatic heterocycles. The van der Waals surface area contributed by atoms with Crippen LogP contribution < -0.4 is 4.90 Å². The van der Waals surface area contributed by atoms with Crippen LogP contribution in [0.3, 0.4) is 0 Å². The van der Waals surface area contributed by atoms with Gasteiger partial charge in [0.15, 0.2) is 0 Å². The first-order chi connectivity index (χ1) is 23.3. The van der Waals surface area contributed by atoms with E-state index in [9.17, 15) is 0 Å². The van der Waals surface area contributed by atoms with Gasteiger partial charge in [0.25, 0.3) is 0 Å². The second-order valence-corrected chi connectivity index (χ2v) is 14.1. The third-order valence-electron chi connectivity index (χ3n) is 9.29. The zero-order chi connectivity index (χ0) is 30.9. The van der Waals surface area contributed by atoms with E-state index in [1.165, 1.54) is 61.9 Å². The topological polar surface area (TPSA) is 16.1 Å². The molecule has 4 heteroatoms. The van der Waals surface area contributed by atoms with Crippen molar-refractivity contribution in [3.05, 3.63) is 158 Å². The average Bonchev–Trinajstić information content (AvgIpc) is 3.70. The number of anilines is 3. The largest absolute Gasteiger partial charge is 0.310 e. The molecule has 0 aliphatic rings. The summed E-state index contributed by atoms with van der Waals surface area (Å²) in [7, 11) is 0. The Kier molecular flexibility index (Phi) is 5.95. The van der Waals surface area contributed by atoms with Crippen LogP contribution in [0.25, 0.3) is 73.1 Å². The first-order valence-corrected chi connectivity index (χ1v) is 17.4. The first-order valence-electron chi connectivity index (χ1n) is 15.8. The molecule has 10 rings (SSSR count). The molecule has 0 N–H and O–H groups in total. The number of hydrogen-bond donors (Lipinski definition) is 0. The third-order valence-corrected chi connectivity index (χ3v) is 11.5. The summed E-state index contributed by atoms with van der Waals surface area (Å²) in [6, 6.07) is 55.2. The minimum Gasteiger partial charge on any atom is -0.310 e. The monoisotopic (exact) mass is 634 g/mol. The van der Waals surface area contributed by atoms with Gasteiger partial charge in [-0.3, -0.25) is 4.98 Å². The van der Waals surface area contributed by atoms with E-state index in [0.29, 0.717) is 0 Å². The van der Waals surface area contributed by atoms with Crippen molar-refractivity contribution >= 4 is 102 Å². The maximum Gasteiger partial charge on any atom is 0.0701 e. The zero-order valence-corrected chi connectivity index (χ0v) is 26.9.